The van der Waals surface area contributed by atoms with Crippen LogP contribution in [0.25, 0.3) is 0 Å². The van der Waals surface area contributed by atoms with Crippen LogP contribution < -0.4 is 16.0 Å². The fraction of sp³-hybridized carbons (Fsp3) is 0.583. The Morgan fingerprint density at radius 1 is 1.06 bits per heavy atom. The number of carbonyl (C=O) groups is 4. The van der Waals surface area contributed by atoms with Gasteiger partial charge < -0.3 is 30.2 Å². The highest BCUT2D eigenvalue weighted by Gasteiger charge is 2.76. The zero-order valence-corrected chi connectivity index (χ0v) is 22.3. The summed E-state index contributed by atoms with van der Waals surface area (Å²) in [6, 6.07) is 3.47. The van der Waals surface area contributed by atoms with E-state index in [1.807, 2.05) is 0 Å². The van der Waals surface area contributed by atoms with E-state index >= 15 is 0 Å². The number of ether oxygens (including phenoxy) is 3. The molecule has 0 saturated heterocycles. The van der Waals surface area contributed by atoms with Crippen molar-refractivity contribution in [1.82, 2.24) is 10.6 Å². The molecule has 2 aliphatic carbocycles. The van der Waals surface area contributed by atoms with Gasteiger partial charge in [-0.15, -0.1) is 0 Å². The van der Waals surface area contributed by atoms with Gasteiger partial charge in [-0.2, -0.15) is 0 Å². The van der Waals surface area contributed by atoms with Gasteiger partial charge in [0.25, 0.3) is 0 Å². The molecule has 3 N–H and O–H groups in total. The van der Waals surface area contributed by atoms with Gasteiger partial charge in [0.2, 0.25) is 0 Å². The van der Waals surface area contributed by atoms with Gasteiger partial charge in [-0.25, -0.2) is 14.4 Å². The van der Waals surface area contributed by atoms with E-state index in [4.69, 9.17) is 37.4 Å². The highest BCUT2D eigenvalue weighted by Crippen LogP contribution is 2.63. The molecule has 198 valence electrons. The lowest BCUT2D eigenvalue weighted by atomic mass is 9.89. The van der Waals surface area contributed by atoms with Crippen LogP contribution in [0.2, 0.25) is 10.0 Å². The fourth-order valence-electron chi connectivity index (χ4n) is 4.86. The Bertz CT molecular complexity index is 1020. The minimum Gasteiger partial charge on any atom is -0.466 e. The molecule has 5 unspecified atom stereocenters. The van der Waals surface area contributed by atoms with Crippen LogP contribution in [0.3, 0.4) is 0 Å². The molecule has 0 bridgehead atoms. The molecule has 1 aromatic carbocycles. The summed E-state index contributed by atoms with van der Waals surface area (Å²) in [4.78, 5) is 51.6. The summed E-state index contributed by atoms with van der Waals surface area (Å²) in [5.41, 5.74) is -2.21. The van der Waals surface area contributed by atoms with Crippen LogP contribution in [-0.2, 0) is 23.8 Å². The summed E-state index contributed by atoms with van der Waals surface area (Å²) in [7, 11) is 0. The molecule has 10 nitrogen and oxygen atoms in total. The van der Waals surface area contributed by atoms with Gasteiger partial charge in [0, 0.05) is 18.4 Å². The number of hydrogen-bond acceptors (Lipinski definition) is 7. The number of nitrogens with one attached hydrogen (secondary N) is 3. The van der Waals surface area contributed by atoms with E-state index in [1.165, 1.54) is 0 Å². The number of amides is 3. The molecule has 0 aliphatic heterocycles. The maximum Gasteiger partial charge on any atom is 0.408 e. The van der Waals surface area contributed by atoms with Crippen molar-refractivity contribution in [3.8, 4) is 0 Å². The molecule has 0 heterocycles. The van der Waals surface area contributed by atoms with Crippen molar-refractivity contribution in [2.45, 2.75) is 58.2 Å². The number of fused-ring (bicyclic) bond motifs is 1. The molecule has 3 amide bonds. The van der Waals surface area contributed by atoms with Crippen molar-refractivity contribution in [1.29, 1.82) is 0 Å². The largest absolute Gasteiger partial charge is 0.466 e. The van der Waals surface area contributed by atoms with Crippen LogP contribution in [0.1, 0.15) is 41.0 Å². The van der Waals surface area contributed by atoms with E-state index in [1.54, 1.807) is 52.8 Å². The molecular formula is C24H31Cl2N3O7. The van der Waals surface area contributed by atoms with Gasteiger partial charge in [0.1, 0.15) is 11.1 Å². The molecule has 0 radical (unpaired) electrons. The maximum absolute atomic E-state index is 13.2. The normalized spacial score (nSPS) is 26.3. The summed E-state index contributed by atoms with van der Waals surface area (Å²) in [6.45, 7) is 8.57. The number of anilines is 1. The van der Waals surface area contributed by atoms with Crippen molar-refractivity contribution in [3.05, 3.63) is 28.2 Å². The molecule has 2 saturated carbocycles. The Morgan fingerprint density at radius 2 is 1.67 bits per heavy atom. The molecule has 0 spiro atoms. The summed E-state index contributed by atoms with van der Waals surface area (Å²) in [6.07, 6.45) is -0.850. The molecule has 1 aromatic rings. The molecule has 3 rings (SSSR count). The SMILES string of the molecule is CCOC(=O)C1C2C(NC(=O)Nc3c(Cl)cccc3Cl)CC(NC(=O)OC(C)(C)C)(C(=O)OCC)C12. The molecule has 2 aliphatic rings. The smallest absolute Gasteiger partial charge is 0.408 e. The average molecular weight is 544 g/mol. The molecule has 0 aromatic heterocycles. The van der Waals surface area contributed by atoms with Crippen LogP contribution in [0, 0.1) is 17.8 Å². The van der Waals surface area contributed by atoms with E-state index in [9.17, 15) is 19.2 Å². The Morgan fingerprint density at radius 3 is 2.22 bits per heavy atom. The molecule has 12 heteroatoms. The zero-order valence-electron chi connectivity index (χ0n) is 20.8. The minimum absolute atomic E-state index is 0.0139. The van der Waals surface area contributed by atoms with Crippen molar-refractivity contribution in [2.24, 2.45) is 17.8 Å². The Balaban J connectivity index is 1.89. The maximum atomic E-state index is 13.2. The predicted octanol–water partition coefficient (Wildman–Crippen LogP) is 4.14. The molecule has 36 heavy (non-hydrogen) atoms. The second-order valence-corrected chi connectivity index (χ2v) is 10.5. The number of urea groups is 1. The van der Waals surface area contributed by atoms with Crippen molar-refractivity contribution in [3.63, 3.8) is 0 Å². The predicted molar refractivity (Wildman–Crippen MR) is 133 cm³/mol. The summed E-state index contributed by atoms with van der Waals surface area (Å²) in [5, 5.41) is 8.55. The number of alkyl carbamates (subject to hydrolysis) is 1. The van der Waals surface area contributed by atoms with Gasteiger partial charge in [-0.1, -0.05) is 29.3 Å². The third-order valence-corrected chi connectivity index (χ3v) is 6.72. The first-order valence-electron chi connectivity index (χ1n) is 11.7. The molecular weight excluding hydrogens is 513 g/mol. The van der Waals surface area contributed by atoms with Crippen LogP contribution in [0.4, 0.5) is 15.3 Å². The van der Waals surface area contributed by atoms with Crippen LogP contribution in [-0.4, -0.2) is 54.5 Å². The number of benzene rings is 1. The first-order valence-corrected chi connectivity index (χ1v) is 12.5. The number of esters is 2. The summed E-state index contributed by atoms with van der Waals surface area (Å²) >= 11 is 12.3. The van der Waals surface area contributed by atoms with Crippen LogP contribution >= 0.6 is 23.2 Å². The minimum atomic E-state index is -1.60. The van der Waals surface area contributed by atoms with Gasteiger partial charge in [0.05, 0.1) is 34.9 Å². The number of carbonyl (C=O) groups excluding carboxylic acids is 4. The lowest BCUT2D eigenvalue weighted by Crippen LogP contribution is -2.59. The van der Waals surface area contributed by atoms with Gasteiger partial charge in [0.15, 0.2) is 0 Å². The number of hydrogen-bond donors (Lipinski definition) is 3. The highest BCUT2D eigenvalue weighted by atomic mass is 35.5. The van der Waals surface area contributed by atoms with E-state index in [0.717, 1.165) is 0 Å². The number of para-hydroxylation sites is 1. The third-order valence-electron chi connectivity index (χ3n) is 6.09. The molecule has 2 fully saturated rings. The van der Waals surface area contributed by atoms with Gasteiger partial charge >= 0.3 is 24.1 Å². The molecule has 5 atom stereocenters. The summed E-state index contributed by atoms with van der Waals surface area (Å²) < 4.78 is 15.9. The number of halogens is 2. The lowest BCUT2D eigenvalue weighted by molar-refractivity contribution is -0.153. The van der Waals surface area contributed by atoms with Gasteiger partial charge in [-0.3, -0.25) is 4.79 Å². The van der Waals surface area contributed by atoms with Crippen LogP contribution in [0.15, 0.2) is 18.2 Å². The second-order valence-electron chi connectivity index (χ2n) is 9.71. The summed E-state index contributed by atoms with van der Waals surface area (Å²) in [5.74, 6) is -3.09. The van der Waals surface area contributed by atoms with Gasteiger partial charge in [-0.05, 0) is 52.7 Å². The third kappa shape index (κ3) is 5.81. The average Bonchev–Trinajstić information content (AvgIpc) is 3.43. The first-order chi connectivity index (χ1) is 16.8. The first kappa shape index (κ1) is 27.9. The van der Waals surface area contributed by atoms with Crippen LogP contribution in [0.5, 0.6) is 0 Å². The van der Waals surface area contributed by atoms with E-state index in [2.05, 4.69) is 16.0 Å². The highest BCUT2D eigenvalue weighted by molar-refractivity contribution is 6.39. The quantitative estimate of drug-likeness (QED) is 0.347. The topological polar surface area (TPSA) is 132 Å². The zero-order chi connectivity index (χ0) is 26.8. The second kappa shape index (κ2) is 10.7. The van der Waals surface area contributed by atoms with Crippen molar-refractivity contribution < 1.29 is 33.4 Å². The number of rotatable bonds is 7. The van der Waals surface area contributed by atoms with Crippen molar-refractivity contribution >= 4 is 53.0 Å². The fourth-order valence-corrected chi connectivity index (χ4v) is 5.36. The van der Waals surface area contributed by atoms with E-state index < -0.39 is 59.0 Å². The van der Waals surface area contributed by atoms with E-state index in [0.29, 0.717) is 0 Å². The van der Waals surface area contributed by atoms with E-state index in [-0.39, 0.29) is 35.4 Å². The Hall–Kier alpha value is -2.72. The monoisotopic (exact) mass is 543 g/mol. The lowest BCUT2D eigenvalue weighted by Gasteiger charge is -2.33. The standard InChI is InChI=1S/C24H31Cl2N3O7/c1-6-34-19(30)16-15-14(27-21(32)28-18-12(25)9-8-10-13(18)26)11-24(17(15)16,20(31)35-7-2)29-22(33)36-23(3,4)5/h8-10,14-17H,6-7,11H2,1-5H3,(H,29,33)(H2,27,28,32). The Kier molecular flexibility index (Phi) is 8.30. The Labute approximate surface area is 219 Å². The van der Waals surface area contributed by atoms with Crippen molar-refractivity contribution in [2.75, 3.05) is 18.5 Å².